The van der Waals surface area contributed by atoms with E-state index in [1.165, 1.54) is 38.5 Å². The Labute approximate surface area is 262 Å². The highest BCUT2D eigenvalue weighted by atomic mass is 19.1. The number of hydrogen-bond donors (Lipinski definition) is 2. The number of morpholine rings is 2. The Balaban J connectivity index is 1.08. The van der Waals surface area contributed by atoms with Gasteiger partial charge in [-0.05, 0) is 83.5 Å². The molecule has 246 valence electrons. The number of halogens is 1. The van der Waals surface area contributed by atoms with Gasteiger partial charge in [-0.1, -0.05) is 25.7 Å². The van der Waals surface area contributed by atoms with Crippen LogP contribution in [0.1, 0.15) is 70.6 Å². The molecule has 7 rings (SSSR count). The molecule has 0 bridgehead atoms. The lowest BCUT2D eigenvalue weighted by Crippen LogP contribution is -2.73. The quantitative estimate of drug-likeness (QED) is 0.303. The number of fused-ring (bicyclic) bond motifs is 3. The lowest BCUT2D eigenvalue weighted by molar-refractivity contribution is -0.208. The number of nitrogens with zero attached hydrogens (tertiary/aromatic N) is 3. The largest absolute Gasteiger partial charge is 0.379 e. The van der Waals surface area contributed by atoms with Gasteiger partial charge in [0.25, 0.3) is 5.91 Å². The molecule has 3 saturated carbocycles. The number of nitrogens with one attached hydrogen (secondary N) is 2. The van der Waals surface area contributed by atoms with Crippen LogP contribution >= 0.6 is 0 Å². The van der Waals surface area contributed by atoms with Crippen LogP contribution in [0.25, 0.3) is 0 Å². The number of alkyl halides is 1. The molecule has 3 aliphatic carbocycles. The van der Waals surface area contributed by atoms with E-state index in [0.717, 1.165) is 71.6 Å². The normalized spacial score (nSPS) is 41.0. The van der Waals surface area contributed by atoms with Crippen molar-refractivity contribution in [3.8, 4) is 0 Å². The second-order valence-corrected chi connectivity index (χ2v) is 14.8. The van der Waals surface area contributed by atoms with Crippen LogP contribution in [0.3, 0.4) is 0 Å². The monoisotopic (exact) mass is 615 g/mol. The maximum atomic E-state index is 16.1. The maximum absolute atomic E-state index is 16.1. The fourth-order valence-corrected chi connectivity index (χ4v) is 9.88. The maximum Gasteiger partial charge on any atom is 0.256 e. The summed E-state index contributed by atoms with van der Waals surface area (Å²) in [6.45, 7) is 6.64. The fraction of sp³-hybridized carbons (Fsp3) is 0.882. The first-order valence-electron chi connectivity index (χ1n) is 17.8. The van der Waals surface area contributed by atoms with Crippen LogP contribution in [0.4, 0.5) is 4.39 Å². The van der Waals surface area contributed by atoms with E-state index in [0.29, 0.717) is 24.4 Å². The van der Waals surface area contributed by atoms with Crippen molar-refractivity contribution in [2.75, 3.05) is 59.5 Å². The Kier molecular flexibility index (Phi) is 9.62. The molecule has 6 fully saturated rings. The van der Waals surface area contributed by atoms with E-state index in [1.807, 2.05) is 6.20 Å². The number of rotatable bonds is 9. The summed E-state index contributed by atoms with van der Waals surface area (Å²) in [4.78, 5) is 34.6. The number of carbonyl (C=O) groups is 2. The molecule has 7 aliphatic rings. The molecule has 9 nitrogen and oxygen atoms in total. The highest BCUT2D eigenvalue weighted by Gasteiger charge is 2.59. The Morgan fingerprint density at radius 3 is 2.59 bits per heavy atom. The predicted octanol–water partition coefficient (Wildman–Crippen LogP) is 2.50. The molecular weight excluding hydrogens is 561 g/mol. The third-order valence-electron chi connectivity index (χ3n) is 12.3. The van der Waals surface area contributed by atoms with Gasteiger partial charge < -0.3 is 29.9 Å². The lowest BCUT2D eigenvalue weighted by Gasteiger charge is -2.61. The van der Waals surface area contributed by atoms with Crippen LogP contribution < -0.4 is 10.6 Å². The number of ketones is 1. The van der Waals surface area contributed by atoms with Crippen LogP contribution in [0.2, 0.25) is 0 Å². The standard InChI is InChI=1S/C34H54FN5O4/c1-38-12-4-8-24(38)9-11-36-30-27(35)20-25-31-33(30)44-29-19-23-7-3-2-6-22(23)18-28(29)40(31)21-26(32(25)41)34(42)37-10-5-13-39-14-16-43-17-15-39/h21-25,27-31,33,36H,2-20H2,1H3,(H,37,42). The van der Waals surface area contributed by atoms with E-state index in [2.05, 4.69) is 32.4 Å². The van der Waals surface area contributed by atoms with Crippen molar-refractivity contribution in [2.24, 2.45) is 17.8 Å². The molecule has 0 aromatic carbocycles. The first-order valence-corrected chi connectivity index (χ1v) is 17.8. The summed E-state index contributed by atoms with van der Waals surface area (Å²) in [5.74, 6) is 0.262. The minimum Gasteiger partial charge on any atom is -0.379 e. The molecule has 1 amide bonds. The van der Waals surface area contributed by atoms with E-state index >= 15 is 4.39 Å². The average molecular weight is 616 g/mol. The van der Waals surface area contributed by atoms with Crippen molar-refractivity contribution < 1.29 is 23.5 Å². The summed E-state index contributed by atoms with van der Waals surface area (Å²) in [7, 11) is 2.18. The predicted molar refractivity (Wildman–Crippen MR) is 166 cm³/mol. The third kappa shape index (κ3) is 6.23. The molecule has 0 spiro atoms. The third-order valence-corrected chi connectivity index (χ3v) is 12.3. The molecule has 3 saturated heterocycles. The number of ether oxygens (including phenoxy) is 2. The summed E-state index contributed by atoms with van der Waals surface area (Å²) in [5, 5.41) is 6.63. The minimum absolute atomic E-state index is 0.00843. The van der Waals surface area contributed by atoms with Crippen molar-refractivity contribution in [3.05, 3.63) is 11.8 Å². The Morgan fingerprint density at radius 2 is 1.82 bits per heavy atom. The molecule has 0 aromatic heterocycles. The van der Waals surface area contributed by atoms with Gasteiger partial charge in [0.2, 0.25) is 0 Å². The molecule has 44 heavy (non-hydrogen) atoms. The minimum atomic E-state index is -1.19. The Morgan fingerprint density at radius 1 is 1.02 bits per heavy atom. The zero-order chi connectivity index (χ0) is 30.2. The highest BCUT2D eigenvalue weighted by molar-refractivity contribution is 6.20. The van der Waals surface area contributed by atoms with Gasteiger partial charge in [-0.2, -0.15) is 0 Å². The van der Waals surface area contributed by atoms with Crippen LogP contribution in [0, 0.1) is 17.8 Å². The lowest BCUT2D eigenvalue weighted by atomic mass is 9.65. The number of Topliss-reactive ketones (excluding diaryl/α,β-unsaturated/α-hetero) is 1. The van der Waals surface area contributed by atoms with E-state index in [4.69, 9.17) is 9.47 Å². The van der Waals surface area contributed by atoms with Crippen molar-refractivity contribution in [2.45, 2.75) is 113 Å². The number of carbonyl (C=O) groups excluding carboxylic acids is 2. The molecule has 10 heteroatoms. The van der Waals surface area contributed by atoms with Gasteiger partial charge in [-0.25, -0.2) is 4.39 Å². The first-order chi connectivity index (χ1) is 21.5. The zero-order valence-corrected chi connectivity index (χ0v) is 26.6. The van der Waals surface area contributed by atoms with Gasteiger partial charge >= 0.3 is 0 Å². The molecule has 10 unspecified atom stereocenters. The van der Waals surface area contributed by atoms with Gasteiger partial charge in [0.05, 0.1) is 49.1 Å². The second-order valence-electron chi connectivity index (χ2n) is 14.8. The summed E-state index contributed by atoms with van der Waals surface area (Å²) in [5.41, 5.74) is 0.214. The molecule has 2 N–H and O–H groups in total. The van der Waals surface area contributed by atoms with Gasteiger partial charge in [0.1, 0.15) is 6.17 Å². The molecular formula is C34H54FN5O4. The van der Waals surface area contributed by atoms with E-state index < -0.39 is 24.2 Å². The number of amides is 1. The van der Waals surface area contributed by atoms with Crippen LogP contribution in [-0.2, 0) is 19.1 Å². The summed E-state index contributed by atoms with van der Waals surface area (Å²) < 4.78 is 28.5. The van der Waals surface area contributed by atoms with Crippen molar-refractivity contribution in [1.29, 1.82) is 0 Å². The fourth-order valence-electron chi connectivity index (χ4n) is 9.88. The van der Waals surface area contributed by atoms with Gasteiger partial charge in [-0.3, -0.25) is 14.5 Å². The van der Waals surface area contributed by atoms with Crippen molar-refractivity contribution in [1.82, 2.24) is 25.3 Å². The Bertz CT molecular complexity index is 1070. The summed E-state index contributed by atoms with van der Waals surface area (Å²) in [6.07, 6.45) is 11.8. The Hall–Kier alpha value is -1.59. The molecule has 0 radical (unpaired) electrons. The first kappa shape index (κ1) is 31.0. The van der Waals surface area contributed by atoms with Crippen LogP contribution in [-0.4, -0.2) is 128 Å². The topological polar surface area (TPSA) is 86.4 Å². The SMILES string of the molecule is CN1CCCC1CCNC1C(F)CC2C(=O)C(C(=O)NCCCN3CCOCC3)=CN3C4CC5CCCCC5CC4OC1C23. The molecule has 4 aliphatic heterocycles. The average Bonchev–Trinajstić information content (AvgIpc) is 3.45. The number of likely N-dealkylation sites (tertiary alicyclic amines) is 1. The summed E-state index contributed by atoms with van der Waals surface area (Å²) >= 11 is 0. The summed E-state index contributed by atoms with van der Waals surface area (Å²) in [6, 6.07) is 0.0210. The highest BCUT2D eigenvalue weighted by Crippen LogP contribution is 2.50. The number of hydrogen-bond acceptors (Lipinski definition) is 8. The van der Waals surface area contributed by atoms with Gasteiger partial charge in [0, 0.05) is 37.8 Å². The van der Waals surface area contributed by atoms with Gasteiger partial charge in [-0.15, -0.1) is 0 Å². The second kappa shape index (κ2) is 13.6. The van der Waals surface area contributed by atoms with Crippen LogP contribution in [0.15, 0.2) is 11.8 Å². The van der Waals surface area contributed by atoms with E-state index in [-0.39, 0.29) is 41.9 Å². The van der Waals surface area contributed by atoms with E-state index in [9.17, 15) is 9.59 Å². The molecule has 0 aromatic rings. The van der Waals surface area contributed by atoms with Crippen molar-refractivity contribution >= 4 is 11.7 Å². The van der Waals surface area contributed by atoms with Crippen LogP contribution in [0.5, 0.6) is 0 Å². The zero-order valence-electron chi connectivity index (χ0n) is 26.6. The molecule has 10 atom stereocenters. The smallest absolute Gasteiger partial charge is 0.256 e. The van der Waals surface area contributed by atoms with E-state index in [1.54, 1.807) is 0 Å². The van der Waals surface area contributed by atoms with Gasteiger partial charge in [0.15, 0.2) is 5.78 Å². The van der Waals surface area contributed by atoms with Crippen molar-refractivity contribution in [3.63, 3.8) is 0 Å². The molecule has 4 heterocycles.